The van der Waals surface area contributed by atoms with Crippen LogP contribution in [0.3, 0.4) is 0 Å². The Morgan fingerprint density at radius 3 is 2.50 bits per heavy atom. The first-order valence-corrected chi connectivity index (χ1v) is 10.9. The zero-order valence-corrected chi connectivity index (χ0v) is 19.1. The van der Waals surface area contributed by atoms with E-state index in [0.717, 1.165) is 17.6 Å². The predicted molar refractivity (Wildman–Crippen MR) is 120 cm³/mol. The van der Waals surface area contributed by atoms with Gasteiger partial charge in [0.2, 0.25) is 0 Å². The molecular weight excluding hydrogens is 402 g/mol. The van der Waals surface area contributed by atoms with Gasteiger partial charge in [-0.15, -0.1) is 0 Å². The minimum Gasteiger partial charge on any atom is -0.493 e. The van der Waals surface area contributed by atoms with E-state index in [2.05, 4.69) is 37.0 Å². The molecular formula is C25H29N5O2. The highest BCUT2D eigenvalue weighted by atomic mass is 16.5. The number of hydrogen-bond acceptors (Lipinski definition) is 7. The molecule has 0 bridgehead atoms. The largest absolute Gasteiger partial charge is 0.493 e. The minimum atomic E-state index is -1.66. The Hall–Kier alpha value is -3.47. The van der Waals surface area contributed by atoms with E-state index in [0.29, 0.717) is 31.2 Å². The van der Waals surface area contributed by atoms with Gasteiger partial charge in [-0.05, 0) is 43.5 Å². The van der Waals surface area contributed by atoms with Crippen molar-refractivity contribution in [3.05, 3.63) is 46.7 Å². The Morgan fingerprint density at radius 1 is 1.22 bits per heavy atom. The molecule has 0 aromatic heterocycles. The van der Waals surface area contributed by atoms with Crippen molar-refractivity contribution in [1.29, 1.82) is 15.8 Å². The number of nitrogens with zero attached hydrogens (tertiary/aromatic N) is 4. The number of allylic oxidation sites excluding steroid dienone is 2. The van der Waals surface area contributed by atoms with Crippen LogP contribution in [0.5, 0.6) is 11.5 Å². The lowest BCUT2D eigenvalue weighted by Crippen LogP contribution is -2.49. The quantitative estimate of drug-likeness (QED) is 0.730. The number of rotatable bonds is 6. The SMILES string of the molecule is CCCOc1ccc([C@H]2[C@@H]3CN(C(C)C)CC=C3C(C#N)=C(N)C2(C#N)C#N)cc1OC. The molecule has 0 saturated carbocycles. The zero-order valence-electron chi connectivity index (χ0n) is 19.1. The molecule has 1 heterocycles. The van der Waals surface area contributed by atoms with Crippen molar-refractivity contribution < 1.29 is 9.47 Å². The van der Waals surface area contributed by atoms with E-state index in [4.69, 9.17) is 15.2 Å². The number of ether oxygens (including phenoxy) is 2. The third-order valence-corrected chi connectivity index (χ3v) is 6.43. The molecule has 0 saturated heterocycles. The number of benzene rings is 1. The summed E-state index contributed by atoms with van der Waals surface area (Å²) >= 11 is 0. The summed E-state index contributed by atoms with van der Waals surface area (Å²) in [5, 5.41) is 30.3. The Kier molecular flexibility index (Phi) is 6.78. The zero-order chi connectivity index (χ0) is 23.5. The molecule has 1 aromatic carbocycles. The Morgan fingerprint density at radius 2 is 1.94 bits per heavy atom. The lowest BCUT2D eigenvalue weighted by molar-refractivity contribution is 0.174. The van der Waals surface area contributed by atoms with Gasteiger partial charge in [-0.25, -0.2) is 0 Å². The van der Waals surface area contributed by atoms with Crippen molar-refractivity contribution in [1.82, 2.24) is 4.90 Å². The number of nitrogens with two attached hydrogens (primary N) is 1. The van der Waals surface area contributed by atoms with Crippen molar-refractivity contribution in [2.75, 3.05) is 26.8 Å². The lowest BCUT2D eigenvalue weighted by atomic mass is 9.58. The van der Waals surface area contributed by atoms with Crippen LogP contribution in [0.2, 0.25) is 0 Å². The first-order valence-electron chi connectivity index (χ1n) is 10.9. The van der Waals surface area contributed by atoms with Gasteiger partial charge in [-0.2, -0.15) is 15.8 Å². The van der Waals surface area contributed by atoms with Crippen LogP contribution in [0, 0.1) is 45.3 Å². The summed E-state index contributed by atoms with van der Waals surface area (Å²) in [5.41, 5.74) is 6.59. The molecule has 1 aromatic rings. The minimum absolute atomic E-state index is 0.0285. The summed E-state index contributed by atoms with van der Waals surface area (Å²) in [6, 6.07) is 12.3. The average Bonchev–Trinajstić information content (AvgIpc) is 2.81. The van der Waals surface area contributed by atoms with Crippen LogP contribution in [0.4, 0.5) is 0 Å². The molecule has 3 rings (SSSR count). The maximum Gasteiger partial charge on any atom is 0.191 e. The van der Waals surface area contributed by atoms with Gasteiger partial charge in [-0.3, -0.25) is 4.90 Å². The third kappa shape index (κ3) is 3.68. The van der Waals surface area contributed by atoms with Gasteiger partial charge in [0.15, 0.2) is 16.9 Å². The van der Waals surface area contributed by atoms with Gasteiger partial charge < -0.3 is 15.2 Å². The van der Waals surface area contributed by atoms with Crippen molar-refractivity contribution in [3.63, 3.8) is 0 Å². The molecule has 1 aliphatic carbocycles. The maximum atomic E-state index is 10.2. The topological polar surface area (TPSA) is 119 Å². The number of methoxy groups -OCH3 is 1. The summed E-state index contributed by atoms with van der Waals surface area (Å²) in [5.74, 6) is 0.352. The fraction of sp³-hybridized carbons (Fsp3) is 0.480. The van der Waals surface area contributed by atoms with Gasteiger partial charge in [0.25, 0.3) is 0 Å². The molecule has 7 heteroatoms. The van der Waals surface area contributed by atoms with Crippen LogP contribution < -0.4 is 15.2 Å². The van der Waals surface area contributed by atoms with Crippen LogP contribution in [0.1, 0.15) is 38.7 Å². The van der Waals surface area contributed by atoms with Crippen LogP contribution >= 0.6 is 0 Å². The number of fused-ring (bicyclic) bond motifs is 1. The first-order chi connectivity index (χ1) is 15.4. The van der Waals surface area contributed by atoms with Gasteiger partial charge in [0, 0.05) is 31.0 Å². The van der Waals surface area contributed by atoms with E-state index in [-0.39, 0.29) is 23.2 Å². The fourth-order valence-electron chi connectivity index (χ4n) is 4.71. The van der Waals surface area contributed by atoms with E-state index in [1.807, 2.05) is 31.2 Å². The lowest BCUT2D eigenvalue weighted by Gasteiger charge is -2.46. The molecule has 1 aliphatic heterocycles. The highest BCUT2D eigenvalue weighted by Gasteiger charge is 2.54. The van der Waals surface area contributed by atoms with Gasteiger partial charge in [0.05, 0.1) is 37.1 Å². The first kappa shape index (κ1) is 23.2. The third-order valence-electron chi connectivity index (χ3n) is 6.43. The summed E-state index contributed by atoms with van der Waals surface area (Å²) in [6.07, 6.45) is 2.88. The molecule has 166 valence electrons. The summed E-state index contributed by atoms with van der Waals surface area (Å²) in [4.78, 5) is 2.27. The average molecular weight is 432 g/mol. The van der Waals surface area contributed by atoms with Crippen molar-refractivity contribution >= 4 is 0 Å². The number of hydrogen-bond donors (Lipinski definition) is 1. The van der Waals surface area contributed by atoms with Crippen LogP contribution in [-0.2, 0) is 0 Å². The fourth-order valence-corrected chi connectivity index (χ4v) is 4.71. The van der Waals surface area contributed by atoms with E-state index in [1.165, 1.54) is 0 Å². The molecule has 0 spiro atoms. The molecule has 0 fully saturated rings. The Bertz CT molecular complexity index is 1050. The second-order valence-electron chi connectivity index (χ2n) is 8.48. The number of nitriles is 3. The van der Waals surface area contributed by atoms with E-state index < -0.39 is 11.3 Å². The predicted octanol–water partition coefficient (Wildman–Crippen LogP) is 3.62. The highest BCUT2D eigenvalue weighted by molar-refractivity contribution is 5.60. The monoisotopic (exact) mass is 431 g/mol. The summed E-state index contributed by atoms with van der Waals surface area (Å²) < 4.78 is 11.3. The van der Waals surface area contributed by atoms with Gasteiger partial charge in [0.1, 0.15) is 6.07 Å². The van der Waals surface area contributed by atoms with Gasteiger partial charge >= 0.3 is 0 Å². The van der Waals surface area contributed by atoms with E-state index in [9.17, 15) is 15.8 Å². The standard InChI is InChI=1S/C25H29N5O2/c1-5-10-32-21-7-6-17(11-22(21)31-4)23-20-13-30(16(2)3)9-8-18(20)19(12-26)24(29)25(23,14-27)15-28/h6-8,11,16,20,23H,5,9-10,13,29H2,1-4H3/t20-,23+/m1/s1. The van der Waals surface area contributed by atoms with Crippen LogP contribution in [-0.4, -0.2) is 37.7 Å². The van der Waals surface area contributed by atoms with Crippen LogP contribution in [0.25, 0.3) is 0 Å². The second-order valence-corrected chi connectivity index (χ2v) is 8.48. The summed E-state index contributed by atoms with van der Waals surface area (Å²) in [7, 11) is 1.56. The molecule has 32 heavy (non-hydrogen) atoms. The molecule has 2 aliphatic rings. The highest BCUT2D eigenvalue weighted by Crippen LogP contribution is 2.55. The van der Waals surface area contributed by atoms with E-state index in [1.54, 1.807) is 7.11 Å². The smallest absolute Gasteiger partial charge is 0.191 e. The van der Waals surface area contributed by atoms with E-state index >= 15 is 0 Å². The molecule has 7 nitrogen and oxygen atoms in total. The molecule has 2 atom stereocenters. The van der Waals surface area contributed by atoms with Gasteiger partial charge in [-0.1, -0.05) is 19.1 Å². The van der Waals surface area contributed by atoms with Crippen LogP contribution in [0.15, 0.2) is 41.1 Å². The molecule has 0 amide bonds. The second kappa shape index (κ2) is 9.35. The summed E-state index contributed by atoms with van der Waals surface area (Å²) in [6.45, 7) is 8.10. The normalized spacial score (nSPS) is 22.2. The molecule has 0 radical (unpaired) electrons. The van der Waals surface area contributed by atoms with Crippen molar-refractivity contribution in [2.45, 2.75) is 39.2 Å². The molecule has 0 unspecified atom stereocenters. The maximum absolute atomic E-state index is 10.2. The Labute approximate surface area is 189 Å². The Balaban J connectivity index is 2.24. The van der Waals surface area contributed by atoms with Crippen molar-refractivity contribution in [2.24, 2.45) is 17.1 Å². The van der Waals surface area contributed by atoms with Crippen molar-refractivity contribution in [3.8, 4) is 29.7 Å². The molecule has 2 N–H and O–H groups in total.